The van der Waals surface area contributed by atoms with Gasteiger partial charge in [0.25, 0.3) is 0 Å². The van der Waals surface area contributed by atoms with Crippen molar-refractivity contribution >= 4 is 11.6 Å². The van der Waals surface area contributed by atoms with Gasteiger partial charge in [-0.1, -0.05) is 41.9 Å². The van der Waals surface area contributed by atoms with Crippen LogP contribution in [0.5, 0.6) is 5.88 Å². The maximum absolute atomic E-state index is 5.97. The van der Waals surface area contributed by atoms with Gasteiger partial charge in [-0.25, -0.2) is 4.98 Å². The van der Waals surface area contributed by atoms with Crippen molar-refractivity contribution in [3.8, 4) is 5.88 Å². The van der Waals surface area contributed by atoms with Crippen LogP contribution in [0.3, 0.4) is 0 Å². The topological polar surface area (TPSA) is 22.1 Å². The van der Waals surface area contributed by atoms with Crippen LogP contribution in [0.2, 0.25) is 5.15 Å². The average molecular weight is 260 g/mol. The van der Waals surface area contributed by atoms with Gasteiger partial charge in [0.05, 0.1) is 0 Å². The predicted molar refractivity (Wildman–Crippen MR) is 72.0 cm³/mol. The number of aryl methyl sites for hydroxylation is 1. The lowest BCUT2D eigenvalue weighted by Gasteiger charge is -2.25. The van der Waals surface area contributed by atoms with Crippen molar-refractivity contribution in [2.24, 2.45) is 0 Å². The molecule has 1 heterocycles. The van der Waals surface area contributed by atoms with Crippen LogP contribution in [0.15, 0.2) is 42.5 Å². The molecular formula is C15H14ClNO. The summed E-state index contributed by atoms with van der Waals surface area (Å²) in [7, 11) is 0. The van der Waals surface area contributed by atoms with E-state index in [1.165, 1.54) is 11.1 Å². The molecule has 1 unspecified atom stereocenters. The summed E-state index contributed by atoms with van der Waals surface area (Å²) >= 11 is 5.87. The van der Waals surface area contributed by atoms with E-state index in [0.717, 1.165) is 19.3 Å². The number of aromatic nitrogens is 1. The molecule has 0 spiro atoms. The lowest BCUT2D eigenvalue weighted by atomic mass is 9.89. The van der Waals surface area contributed by atoms with Crippen LogP contribution < -0.4 is 4.74 Å². The first-order chi connectivity index (χ1) is 8.83. The standard InChI is InChI=1S/C15H14ClNO/c16-14-9-4-10-15(17-14)18-13-8-3-6-11-5-1-2-7-12(11)13/h1-2,4-5,7,9-10,13H,3,6,8H2. The van der Waals surface area contributed by atoms with Gasteiger partial charge < -0.3 is 4.74 Å². The van der Waals surface area contributed by atoms with Crippen LogP contribution in [-0.2, 0) is 6.42 Å². The summed E-state index contributed by atoms with van der Waals surface area (Å²) in [5.74, 6) is 0.601. The Bertz CT molecular complexity index is 556. The molecule has 2 nitrogen and oxygen atoms in total. The maximum atomic E-state index is 5.97. The number of benzene rings is 1. The molecule has 0 saturated carbocycles. The summed E-state index contributed by atoms with van der Waals surface area (Å²) in [6.45, 7) is 0. The van der Waals surface area contributed by atoms with Crippen LogP contribution in [0.25, 0.3) is 0 Å². The summed E-state index contributed by atoms with van der Waals surface area (Å²) in [6.07, 6.45) is 3.42. The number of fused-ring (bicyclic) bond motifs is 1. The number of pyridine rings is 1. The largest absolute Gasteiger partial charge is 0.469 e. The molecule has 1 aliphatic rings. The van der Waals surface area contributed by atoms with E-state index in [-0.39, 0.29) is 6.10 Å². The minimum Gasteiger partial charge on any atom is -0.469 e. The highest BCUT2D eigenvalue weighted by Gasteiger charge is 2.21. The molecule has 92 valence electrons. The maximum Gasteiger partial charge on any atom is 0.215 e. The molecule has 0 bridgehead atoms. The fourth-order valence-corrected chi connectivity index (χ4v) is 2.59. The third-order valence-electron chi connectivity index (χ3n) is 3.27. The van der Waals surface area contributed by atoms with Gasteiger partial charge in [0.2, 0.25) is 5.88 Å². The minimum atomic E-state index is 0.0981. The Kier molecular flexibility index (Phi) is 3.20. The smallest absolute Gasteiger partial charge is 0.215 e. The zero-order chi connectivity index (χ0) is 12.4. The van der Waals surface area contributed by atoms with Gasteiger partial charge in [-0.05, 0) is 36.5 Å². The van der Waals surface area contributed by atoms with E-state index in [1.807, 2.05) is 12.1 Å². The van der Waals surface area contributed by atoms with Gasteiger partial charge in [-0.15, -0.1) is 0 Å². The molecule has 0 amide bonds. The fraction of sp³-hybridized carbons (Fsp3) is 0.267. The number of rotatable bonds is 2. The molecule has 0 fully saturated rings. The van der Waals surface area contributed by atoms with Crippen molar-refractivity contribution < 1.29 is 4.74 Å². The van der Waals surface area contributed by atoms with Gasteiger partial charge in [0.1, 0.15) is 11.3 Å². The van der Waals surface area contributed by atoms with Crippen molar-refractivity contribution in [2.45, 2.75) is 25.4 Å². The molecule has 2 aromatic rings. The number of ether oxygens (including phenoxy) is 1. The first kappa shape index (κ1) is 11.5. The minimum absolute atomic E-state index is 0.0981. The predicted octanol–water partition coefficient (Wildman–Crippen LogP) is 4.19. The van der Waals surface area contributed by atoms with Crippen LogP contribution in [0.4, 0.5) is 0 Å². The lowest BCUT2D eigenvalue weighted by Crippen LogP contribution is -2.15. The molecule has 3 rings (SSSR count). The summed E-state index contributed by atoms with van der Waals surface area (Å²) in [6, 6.07) is 13.9. The zero-order valence-electron chi connectivity index (χ0n) is 9.97. The Balaban J connectivity index is 1.86. The fourth-order valence-electron chi connectivity index (χ4n) is 2.43. The Morgan fingerprint density at radius 1 is 1.11 bits per heavy atom. The van der Waals surface area contributed by atoms with Gasteiger partial charge in [-0.2, -0.15) is 0 Å². The van der Waals surface area contributed by atoms with Crippen LogP contribution in [0, 0.1) is 0 Å². The highest BCUT2D eigenvalue weighted by molar-refractivity contribution is 6.29. The number of hydrogen-bond acceptors (Lipinski definition) is 2. The highest BCUT2D eigenvalue weighted by Crippen LogP contribution is 2.33. The van der Waals surface area contributed by atoms with E-state index in [0.29, 0.717) is 11.0 Å². The summed E-state index contributed by atoms with van der Waals surface area (Å²) in [5.41, 5.74) is 2.67. The van der Waals surface area contributed by atoms with E-state index in [2.05, 4.69) is 29.2 Å². The van der Waals surface area contributed by atoms with Crippen molar-refractivity contribution in [2.75, 3.05) is 0 Å². The van der Waals surface area contributed by atoms with Crippen LogP contribution in [-0.4, -0.2) is 4.98 Å². The Labute approximate surface area is 112 Å². The first-order valence-corrected chi connectivity index (χ1v) is 6.58. The van der Waals surface area contributed by atoms with E-state index < -0.39 is 0 Å². The van der Waals surface area contributed by atoms with Crippen LogP contribution in [0.1, 0.15) is 30.1 Å². The SMILES string of the molecule is Clc1cccc(OC2CCCc3ccccc32)n1. The van der Waals surface area contributed by atoms with E-state index in [4.69, 9.17) is 16.3 Å². The molecule has 1 aliphatic carbocycles. The monoisotopic (exact) mass is 259 g/mol. The third-order valence-corrected chi connectivity index (χ3v) is 3.48. The zero-order valence-corrected chi connectivity index (χ0v) is 10.7. The summed E-state index contributed by atoms with van der Waals surface area (Å²) in [4.78, 5) is 4.18. The molecule has 1 aromatic carbocycles. The molecule has 0 aliphatic heterocycles. The molecule has 0 N–H and O–H groups in total. The van der Waals surface area contributed by atoms with Gasteiger partial charge in [0, 0.05) is 6.07 Å². The Hall–Kier alpha value is -1.54. The van der Waals surface area contributed by atoms with Gasteiger partial charge >= 0.3 is 0 Å². The number of hydrogen-bond donors (Lipinski definition) is 0. The second-order valence-electron chi connectivity index (χ2n) is 4.50. The molecule has 0 saturated heterocycles. The van der Waals surface area contributed by atoms with Crippen LogP contribution >= 0.6 is 11.6 Å². The number of nitrogens with zero attached hydrogens (tertiary/aromatic N) is 1. The second kappa shape index (κ2) is 4.99. The normalized spacial score (nSPS) is 18.2. The molecule has 1 atom stereocenters. The van der Waals surface area contributed by atoms with E-state index >= 15 is 0 Å². The summed E-state index contributed by atoms with van der Waals surface area (Å²) < 4.78 is 5.97. The van der Waals surface area contributed by atoms with Gasteiger partial charge in [-0.3, -0.25) is 0 Å². The van der Waals surface area contributed by atoms with E-state index in [1.54, 1.807) is 6.07 Å². The quantitative estimate of drug-likeness (QED) is 0.755. The average Bonchev–Trinajstić information content (AvgIpc) is 2.39. The van der Waals surface area contributed by atoms with Crippen molar-refractivity contribution in [3.63, 3.8) is 0 Å². The molecule has 0 radical (unpaired) electrons. The third kappa shape index (κ3) is 2.34. The molecular weight excluding hydrogens is 246 g/mol. The molecule has 3 heteroatoms. The lowest BCUT2D eigenvalue weighted by molar-refractivity contribution is 0.176. The number of halogens is 1. The Morgan fingerprint density at radius 2 is 2.00 bits per heavy atom. The Morgan fingerprint density at radius 3 is 2.89 bits per heavy atom. The van der Waals surface area contributed by atoms with Crippen molar-refractivity contribution in [3.05, 3.63) is 58.7 Å². The highest BCUT2D eigenvalue weighted by atomic mass is 35.5. The first-order valence-electron chi connectivity index (χ1n) is 6.20. The van der Waals surface area contributed by atoms with E-state index in [9.17, 15) is 0 Å². The van der Waals surface area contributed by atoms with Gasteiger partial charge in [0.15, 0.2) is 0 Å². The molecule has 18 heavy (non-hydrogen) atoms. The van der Waals surface area contributed by atoms with Crippen molar-refractivity contribution in [1.29, 1.82) is 0 Å². The second-order valence-corrected chi connectivity index (χ2v) is 4.88. The van der Waals surface area contributed by atoms with Crippen molar-refractivity contribution in [1.82, 2.24) is 4.98 Å². The summed E-state index contributed by atoms with van der Waals surface area (Å²) in [5, 5.41) is 0.469. The molecule has 1 aromatic heterocycles.